The van der Waals surface area contributed by atoms with Crippen LogP contribution in [0, 0.1) is 5.92 Å². The van der Waals surface area contributed by atoms with Gasteiger partial charge < -0.3 is 5.32 Å². The van der Waals surface area contributed by atoms with Crippen molar-refractivity contribution < 1.29 is 18.0 Å². The van der Waals surface area contributed by atoms with E-state index in [1.807, 2.05) is 0 Å². The Hall–Kier alpha value is -2.94. The molecule has 1 N–H and O–H groups in total. The smallest absolute Gasteiger partial charge is 0.324 e. The number of nitrogens with one attached hydrogen (secondary N) is 1. The molecule has 0 saturated carbocycles. The molecule has 10 heteroatoms. The van der Waals surface area contributed by atoms with Gasteiger partial charge in [-0.3, -0.25) is 4.79 Å². The minimum absolute atomic E-state index is 0.274. The number of halogens is 4. The first kappa shape index (κ1) is 20.8. The van der Waals surface area contributed by atoms with Gasteiger partial charge in [-0.1, -0.05) is 37.6 Å². The topological polar surface area (TPSA) is 72.7 Å². The number of amides is 1. The molecule has 1 amide bonds. The minimum Gasteiger partial charge on any atom is -0.324 e. The highest BCUT2D eigenvalue weighted by Gasteiger charge is 2.35. The molecule has 1 atom stereocenters. The number of para-hydroxylation sites is 1. The van der Waals surface area contributed by atoms with Crippen molar-refractivity contribution in [2.24, 2.45) is 5.92 Å². The fourth-order valence-electron chi connectivity index (χ4n) is 2.78. The molecular weight excluding hydrogens is 407 g/mol. The molecule has 0 saturated heterocycles. The van der Waals surface area contributed by atoms with Gasteiger partial charge in [0, 0.05) is 10.6 Å². The van der Waals surface area contributed by atoms with Gasteiger partial charge in [0.05, 0.1) is 11.3 Å². The van der Waals surface area contributed by atoms with Gasteiger partial charge in [-0.05, 0) is 47.5 Å². The lowest BCUT2D eigenvalue weighted by Crippen LogP contribution is -2.32. The first-order valence-electron chi connectivity index (χ1n) is 8.69. The van der Waals surface area contributed by atoms with E-state index in [1.54, 1.807) is 38.1 Å². The zero-order valence-electron chi connectivity index (χ0n) is 15.5. The Bertz CT molecular complexity index is 1000. The summed E-state index contributed by atoms with van der Waals surface area (Å²) in [5.74, 6) is -0.701. The van der Waals surface area contributed by atoms with Gasteiger partial charge in [0.15, 0.2) is 6.04 Å². The molecule has 0 aliphatic carbocycles. The largest absolute Gasteiger partial charge is 0.418 e. The van der Waals surface area contributed by atoms with Gasteiger partial charge in [-0.15, -0.1) is 10.2 Å². The third-order valence-electron chi connectivity index (χ3n) is 4.17. The monoisotopic (exact) mass is 423 g/mol. The summed E-state index contributed by atoms with van der Waals surface area (Å²) in [6.45, 7) is 3.48. The molecule has 29 heavy (non-hydrogen) atoms. The van der Waals surface area contributed by atoms with E-state index in [9.17, 15) is 18.0 Å². The van der Waals surface area contributed by atoms with Gasteiger partial charge in [-0.25, -0.2) is 0 Å². The lowest BCUT2D eigenvalue weighted by Gasteiger charge is -2.20. The van der Waals surface area contributed by atoms with Crippen molar-refractivity contribution in [3.05, 3.63) is 59.1 Å². The number of rotatable bonds is 5. The van der Waals surface area contributed by atoms with Gasteiger partial charge in [-0.2, -0.15) is 18.0 Å². The number of anilines is 1. The van der Waals surface area contributed by atoms with E-state index in [1.165, 1.54) is 18.2 Å². The molecule has 0 spiro atoms. The zero-order chi connectivity index (χ0) is 21.2. The fraction of sp³-hybridized carbons (Fsp3) is 0.263. The third-order valence-corrected chi connectivity index (χ3v) is 4.42. The van der Waals surface area contributed by atoms with E-state index in [0.717, 1.165) is 10.9 Å². The number of hydrogen-bond acceptors (Lipinski definition) is 4. The first-order valence-corrected chi connectivity index (χ1v) is 9.07. The highest BCUT2D eigenvalue weighted by atomic mass is 35.5. The number of carbonyl (C=O) groups excluding carboxylic acids is 1. The quantitative estimate of drug-likeness (QED) is 0.636. The van der Waals surface area contributed by atoms with Crippen LogP contribution in [0.2, 0.25) is 5.02 Å². The van der Waals surface area contributed by atoms with E-state index < -0.39 is 23.7 Å². The Morgan fingerprint density at radius 2 is 1.76 bits per heavy atom. The van der Waals surface area contributed by atoms with Crippen LogP contribution >= 0.6 is 11.6 Å². The molecule has 0 radical (unpaired) electrons. The fourth-order valence-corrected chi connectivity index (χ4v) is 2.90. The average molecular weight is 424 g/mol. The van der Waals surface area contributed by atoms with E-state index in [4.69, 9.17) is 11.6 Å². The Balaban J connectivity index is 1.88. The van der Waals surface area contributed by atoms with Crippen molar-refractivity contribution >= 4 is 23.2 Å². The van der Waals surface area contributed by atoms with Crippen LogP contribution in [-0.2, 0) is 11.0 Å². The molecule has 1 unspecified atom stereocenters. The lowest BCUT2D eigenvalue weighted by atomic mass is 10.0. The molecule has 0 bridgehead atoms. The highest BCUT2D eigenvalue weighted by molar-refractivity contribution is 6.30. The number of aromatic nitrogens is 4. The van der Waals surface area contributed by atoms with Crippen molar-refractivity contribution in [1.82, 2.24) is 20.2 Å². The summed E-state index contributed by atoms with van der Waals surface area (Å²) >= 11 is 5.87. The van der Waals surface area contributed by atoms with Crippen molar-refractivity contribution in [1.29, 1.82) is 0 Å². The molecule has 0 fully saturated rings. The van der Waals surface area contributed by atoms with Crippen LogP contribution in [0.3, 0.4) is 0 Å². The van der Waals surface area contributed by atoms with Crippen LogP contribution in [-0.4, -0.2) is 26.1 Å². The molecule has 0 aliphatic rings. The van der Waals surface area contributed by atoms with Crippen LogP contribution in [0.15, 0.2) is 48.5 Å². The van der Waals surface area contributed by atoms with E-state index in [-0.39, 0.29) is 17.4 Å². The number of tetrazole rings is 1. The summed E-state index contributed by atoms with van der Waals surface area (Å²) in [6, 6.07) is 10.6. The molecule has 152 valence electrons. The van der Waals surface area contributed by atoms with E-state index in [2.05, 4.69) is 20.7 Å². The molecule has 1 aromatic heterocycles. The minimum atomic E-state index is -4.59. The van der Waals surface area contributed by atoms with Crippen LogP contribution in [0.5, 0.6) is 0 Å². The average Bonchev–Trinajstić information content (AvgIpc) is 3.11. The normalized spacial score (nSPS) is 12.8. The number of benzene rings is 2. The van der Waals surface area contributed by atoms with Crippen LogP contribution in [0.25, 0.3) is 11.4 Å². The lowest BCUT2D eigenvalue weighted by molar-refractivity contribution is -0.137. The predicted molar refractivity (Wildman–Crippen MR) is 102 cm³/mol. The van der Waals surface area contributed by atoms with E-state index in [0.29, 0.717) is 10.6 Å². The SMILES string of the molecule is CC(C)C(C(=O)Nc1ccccc1C(F)(F)F)n1nnc(-c2ccc(Cl)cc2)n1. The maximum Gasteiger partial charge on any atom is 0.418 e. The maximum atomic E-state index is 13.2. The van der Waals surface area contributed by atoms with Crippen LogP contribution in [0.4, 0.5) is 18.9 Å². The van der Waals surface area contributed by atoms with Crippen molar-refractivity contribution in [2.45, 2.75) is 26.1 Å². The summed E-state index contributed by atoms with van der Waals surface area (Å²) in [7, 11) is 0. The third kappa shape index (κ3) is 4.73. The van der Waals surface area contributed by atoms with Gasteiger partial charge >= 0.3 is 6.18 Å². The van der Waals surface area contributed by atoms with E-state index >= 15 is 0 Å². The Labute approximate surface area is 169 Å². The van der Waals surface area contributed by atoms with Gasteiger partial charge in [0.2, 0.25) is 5.82 Å². The van der Waals surface area contributed by atoms with Gasteiger partial charge in [0.25, 0.3) is 5.91 Å². The second-order valence-corrected chi connectivity index (χ2v) is 7.10. The number of nitrogens with zero attached hydrogens (tertiary/aromatic N) is 4. The molecule has 1 heterocycles. The molecule has 2 aromatic carbocycles. The number of carbonyl (C=O) groups is 1. The molecule has 6 nitrogen and oxygen atoms in total. The molecule has 3 aromatic rings. The Morgan fingerprint density at radius 1 is 1.10 bits per heavy atom. The molecular formula is C19H17ClF3N5O. The Morgan fingerprint density at radius 3 is 2.38 bits per heavy atom. The van der Waals surface area contributed by atoms with Crippen LogP contribution in [0.1, 0.15) is 25.5 Å². The standard InChI is InChI=1S/C19H17ClF3N5O/c1-11(2)16(18(29)24-15-6-4-3-5-14(15)19(21,22)23)28-26-17(25-27-28)12-7-9-13(20)10-8-12/h3-11,16H,1-2H3,(H,24,29). The molecule has 3 rings (SSSR count). The second kappa shape index (κ2) is 8.20. The van der Waals surface area contributed by atoms with Crippen LogP contribution < -0.4 is 5.32 Å². The second-order valence-electron chi connectivity index (χ2n) is 6.66. The predicted octanol–water partition coefficient (Wildman–Crippen LogP) is 4.85. The number of alkyl halides is 3. The first-order chi connectivity index (χ1) is 13.7. The molecule has 0 aliphatic heterocycles. The summed E-state index contributed by atoms with van der Waals surface area (Å²) in [4.78, 5) is 13.9. The van der Waals surface area contributed by atoms with Gasteiger partial charge in [0.1, 0.15) is 0 Å². The van der Waals surface area contributed by atoms with Crippen molar-refractivity contribution in [3.8, 4) is 11.4 Å². The van der Waals surface area contributed by atoms with Crippen molar-refractivity contribution in [2.75, 3.05) is 5.32 Å². The number of hydrogen-bond donors (Lipinski definition) is 1. The highest BCUT2D eigenvalue weighted by Crippen LogP contribution is 2.35. The maximum absolute atomic E-state index is 13.2. The Kier molecular flexibility index (Phi) is 5.88. The zero-order valence-corrected chi connectivity index (χ0v) is 16.2. The van der Waals surface area contributed by atoms with Crippen molar-refractivity contribution in [3.63, 3.8) is 0 Å². The summed E-state index contributed by atoms with van der Waals surface area (Å²) in [5.41, 5.74) is -0.607. The summed E-state index contributed by atoms with van der Waals surface area (Å²) < 4.78 is 39.6. The summed E-state index contributed by atoms with van der Waals surface area (Å²) in [5, 5.41) is 15.0. The summed E-state index contributed by atoms with van der Waals surface area (Å²) in [6.07, 6.45) is -4.59.